The van der Waals surface area contributed by atoms with E-state index in [1.807, 2.05) is 29.5 Å². The molecule has 0 spiro atoms. The summed E-state index contributed by atoms with van der Waals surface area (Å²) >= 11 is 1.81. The molecule has 4 heteroatoms. The Kier molecular flexibility index (Phi) is 5.45. The van der Waals surface area contributed by atoms with Crippen LogP contribution >= 0.6 is 11.3 Å². The number of hydrogen-bond acceptors (Lipinski definition) is 4. The molecule has 3 aromatic heterocycles. The van der Waals surface area contributed by atoms with E-state index in [1.54, 1.807) is 0 Å². The summed E-state index contributed by atoms with van der Waals surface area (Å²) in [7, 11) is 0. The zero-order valence-electron chi connectivity index (χ0n) is 24.6. The summed E-state index contributed by atoms with van der Waals surface area (Å²) in [6, 6.07) is 53.6. The van der Waals surface area contributed by atoms with Crippen LogP contribution in [0.4, 0.5) is 17.1 Å². The minimum atomic E-state index is 0.882. The molecule has 3 heterocycles. The van der Waals surface area contributed by atoms with Crippen molar-refractivity contribution < 1.29 is 8.83 Å². The van der Waals surface area contributed by atoms with Crippen LogP contribution in [0.3, 0.4) is 0 Å². The van der Waals surface area contributed by atoms with E-state index in [-0.39, 0.29) is 0 Å². The highest BCUT2D eigenvalue weighted by Gasteiger charge is 2.22. The summed E-state index contributed by atoms with van der Waals surface area (Å²) in [5.41, 5.74) is 9.26. The summed E-state index contributed by atoms with van der Waals surface area (Å²) in [5.74, 6) is 0. The first-order valence-electron chi connectivity index (χ1n) is 15.4. The molecule has 0 aliphatic heterocycles. The first-order valence-corrected chi connectivity index (χ1v) is 16.2. The molecule has 0 N–H and O–H groups in total. The predicted molar refractivity (Wildman–Crippen MR) is 194 cm³/mol. The number of furan rings is 2. The second-order valence-corrected chi connectivity index (χ2v) is 12.8. The van der Waals surface area contributed by atoms with Crippen molar-refractivity contribution in [3.05, 3.63) is 152 Å². The molecule has 0 bridgehead atoms. The summed E-state index contributed by atoms with van der Waals surface area (Å²) < 4.78 is 15.3. The van der Waals surface area contributed by atoms with E-state index in [2.05, 4.69) is 138 Å². The number of benzene rings is 7. The van der Waals surface area contributed by atoms with E-state index in [0.717, 1.165) is 66.3 Å². The highest BCUT2D eigenvalue weighted by atomic mass is 32.1. The van der Waals surface area contributed by atoms with Gasteiger partial charge in [0.1, 0.15) is 22.3 Å². The van der Waals surface area contributed by atoms with Gasteiger partial charge < -0.3 is 13.7 Å². The van der Waals surface area contributed by atoms with Crippen molar-refractivity contribution in [2.45, 2.75) is 0 Å². The predicted octanol–water partition coefficient (Wildman–Crippen LogP) is 13.0. The van der Waals surface area contributed by atoms with Gasteiger partial charge in [0.05, 0.1) is 5.69 Å². The molecule has 0 aliphatic rings. The molecule has 10 rings (SSSR count). The normalized spacial score (nSPS) is 11.9. The van der Waals surface area contributed by atoms with Crippen molar-refractivity contribution in [2.24, 2.45) is 0 Å². The van der Waals surface area contributed by atoms with E-state index >= 15 is 0 Å². The summed E-state index contributed by atoms with van der Waals surface area (Å²) in [5, 5.41) is 6.84. The Morgan fingerprint density at radius 1 is 0.413 bits per heavy atom. The van der Waals surface area contributed by atoms with Gasteiger partial charge in [-0.1, -0.05) is 84.9 Å². The topological polar surface area (TPSA) is 29.5 Å². The molecule has 0 amide bonds. The maximum absolute atomic E-state index is 6.61. The standard InChI is InChI=1S/C42H25NO2S/c1-2-9-26(10-3-1)27-17-19-28(20-18-27)43(29-21-23-37-33(25-29)31-12-5-6-14-35(31)44-37)34-13-8-16-38-40(34)41-39(46-38)24-22-32-30-11-4-7-15-36(30)45-42(32)41/h1-25H. The van der Waals surface area contributed by atoms with Gasteiger partial charge in [0.2, 0.25) is 0 Å². The van der Waals surface area contributed by atoms with E-state index in [1.165, 1.54) is 25.9 Å². The Labute approximate surface area is 268 Å². The highest BCUT2D eigenvalue weighted by Crippen LogP contribution is 2.48. The molecule has 10 aromatic rings. The Hall–Kier alpha value is -5.84. The van der Waals surface area contributed by atoms with Crippen LogP contribution in [-0.4, -0.2) is 0 Å². The van der Waals surface area contributed by atoms with Crippen molar-refractivity contribution >= 4 is 92.4 Å². The minimum absolute atomic E-state index is 0.882. The number of rotatable bonds is 4. The number of nitrogens with zero attached hydrogens (tertiary/aromatic N) is 1. The summed E-state index contributed by atoms with van der Waals surface area (Å²) in [6.07, 6.45) is 0. The van der Waals surface area contributed by atoms with Gasteiger partial charge in [0, 0.05) is 53.1 Å². The molecule has 0 saturated carbocycles. The van der Waals surface area contributed by atoms with E-state index in [4.69, 9.17) is 8.83 Å². The number of fused-ring (bicyclic) bond motifs is 10. The van der Waals surface area contributed by atoms with Crippen molar-refractivity contribution in [2.75, 3.05) is 4.90 Å². The quantitative estimate of drug-likeness (QED) is 0.199. The molecule has 0 aliphatic carbocycles. The minimum Gasteiger partial charge on any atom is -0.456 e. The fourth-order valence-electron chi connectivity index (χ4n) is 6.97. The molecule has 7 aromatic carbocycles. The SMILES string of the molecule is c1ccc(-c2ccc(N(c3ccc4oc5ccccc5c4c3)c3cccc4sc5ccc6c7ccccc7oc6c5c34)cc2)cc1. The largest absolute Gasteiger partial charge is 0.456 e. The van der Waals surface area contributed by atoms with Gasteiger partial charge in [-0.05, 0) is 77.9 Å². The van der Waals surface area contributed by atoms with Crippen LogP contribution in [0.1, 0.15) is 0 Å². The van der Waals surface area contributed by atoms with Gasteiger partial charge in [0.25, 0.3) is 0 Å². The second kappa shape index (κ2) is 9.83. The monoisotopic (exact) mass is 607 g/mol. The first-order chi connectivity index (χ1) is 22.8. The molecule has 0 unspecified atom stereocenters. The molecule has 216 valence electrons. The zero-order valence-corrected chi connectivity index (χ0v) is 25.4. The third-order valence-corrected chi connectivity index (χ3v) is 10.2. The fourth-order valence-corrected chi connectivity index (χ4v) is 8.09. The molecular formula is C42H25NO2S. The second-order valence-electron chi connectivity index (χ2n) is 11.7. The molecular weight excluding hydrogens is 583 g/mol. The lowest BCUT2D eigenvalue weighted by Crippen LogP contribution is -2.10. The number of para-hydroxylation sites is 2. The average molecular weight is 608 g/mol. The maximum Gasteiger partial charge on any atom is 0.144 e. The summed E-state index contributed by atoms with van der Waals surface area (Å²) in [6.45, 7) is 0. The zero-order chi connectivity index (χ0) is 30.2. The van der Waals surface area contributed by atoms with Crippen LogP contribution < -0.4 is 4.90 Å². The molecule has 3 nitrogen and oxygen atoms in total. The van der Waals surface area contributed by atoms with Gasteiger partial charge in [-0.25, -0.2) is 0 Å². The van der Waals surface area contributed by atoms with Gasteiger partial charge in [-0.15, -0.1) is 11.3 Å². The number of anilines is 3. The van der Waals surface area contributed by atoms with E-state index in [9.17, 15) is 0 Å². The Balaban J connectivity index is 1.27. The van der Waals surface area contributed by atoms with Crippen LogP contribution in [0.15, 0.2) is 160 Å². The van der Waals surface area contributed by atoms with Crippen molar-refractivity contribution in [3.63, 3.8) is 0 Å². The van der Waals surface area contributed by atoms with Gasteiger partial charge >= 0.3 is 0 Å². The molecule has 0 radical (unpaired) electrons. The lowest BCUT2D eigenvalue weighted by molar-refractivity contribution is 0.669. The van der Waals surface area contributed by atoms with Gasteiger partial charge in [-0.3, -0.25) is 0 Å². The molecule has 0 atom stereocenters. The molecule has 46 heavy (non-hydrogen) atoms. The lowest BCUT2D eigenvalue weighted by Gasteiger charge is -2.27. The average Bonchev–Trinajstić information content (AvgIpc) is 3.80. The van der Waals surface area contributed by atoms with Gasteiger partial charge in [0.15, 0.2) is 0 Å². The van der Waals surface area contributed by atoms with Crippen LogP contribution in [0.25, 0.3) is 75.2 Å². The van der Waals surface area contributed by atoms with E-state index in [0.29, 0.717) is 0 Å². The third kappa shape index (κ3) is 3.77. The number of thiophene rings is 1. The van der Waals surface area contributed by atoms with Gasteiger partial charge in [-0.2, -0.15) is 0 Å². The van der Waals surface area contributed by atoms with Crippen molar-refractivity contribution in [1.29, 1.82) is 0 Å². The first kappa shape index (κ1) is 25.5. The Morgan fingerprint density at radius 3 is 1.89 bits per heavy atom. The molecule has 0 fully saturated rings. The summed E-state index contributed by atoms with van der Waals surface area (Å²) in [4.78, 5) is 2.38. The Morgan fingerprint density at radius 2 is 1.07 bits per heavy atom. The maximum atomic E-state index is 6.61. The smallest absolute Gasteiger partial charge is 0.144 e. The fraction of sp³-hybridized carbons (Fsp3) is 0. The van der Waals surface area contributed by atoms with Crippen LogP contribution in [-0.2, 0) is 0 Å². The van der Waals surface area contributed by atoms with Crippen molar-refractivity contribution in [3.8, 4) is 11.1 Å². The third-order valence-electron chi connectivity index (χ3n) is 9.07. The van der Waals surface area contributed by atoms with Crippen molar-refractivity contribution in [1.82, 2.24) is 0 Å². The number of hydrogen-bond donors (Lipinski definition) is 0. The van der Waals surface area contributed by atoms with Crippen LogP contribution in [0.5, 0.6) is 0 Å². The van der Waals surface area contributed by atoms with Crippen LogP contribution in [0, 0.1) is 0 Å². The highest BCUT2D eigenvalue weighted by molar-refractivity contribution is 7.26. The lowest BCUT2D eigenvalue weighted by atomic mass is 10.0. The van der Waals surface area contributed by atoms with E-state index < -0.39 is 0 Å². The molecule has 0 saturated heterocycles. The Bertz CT molecular complexity index is 2750. The van der Waals surface area contributed by atoms with Crippen LogP contribution in [0.2, 0.25) is 0 Å².